The first-order valence-corrected chi connectivity index (χ1v) is 7.81. The van der Waals surface area contributed by atoms with E-state index in [0.717, 1.165) is 0 Å². The highest BCUT2D eigenvalue weighted by Gasteiger charge is 2.40. The van der Waals surface area contributed by atoms with E-state index in [-0.39, 0.29) is 23.9 Å². The van der Waals surface area contributed by atoms with Gasteiger partial charge in [0.2, 0.25) is 5.95 Å². The van der Waals surface area contributed by atoms with E-state index in [1.165, 1.54) is 0 Å². The Kier molecular flexibility index (Phi) is 4.68. The van der Waals surface area contributed by atoms with Gasteiger partial charge in [-0.2, -0.15) is 0 Å². The van der Waals surface area contributed by atoms with Gasteiger partial charge in [0, 0.05) is 30.4 Å². The quantitative estimate of drug-likeness (QED) is 0.641. The van der Waals surface area contributed by atoms with Crippen LogP contribution in [0.15, 0.2) is 36.7 Å². The predicted octanol–water partition coefficient (Wildman–Crippen LogP) is 0.905. The maximum atomic E-state index is 11.8. The Hall–Kier alpha value is -2.58. The first-order chi connectivity index (χ1) is 11.6. The summed E-state index contributed by atoms with van der Waals surface area (Å²) >= 11 is 0. The molecular weight excluding hydrogens is 308 g/mol. The van der Waals surface area contributed by atoms with E-state index in [9.17, 15) is 9.90 Å². The lowest BCUT2D eigenvalue weighted by molar-refractivity contribution is -0.139. The van der Waals surface area contributed by atoms with Gasteiger partial charge in [-0.1, -0.05) is 6.07 Å². The lowest BCUT2D eigenvalue weighted by atomic mass is 9.88. The number of hydrogen-bond acceptors (Lipinski definition) is 7. The topological polar surface area (TPSA) is 112 Å². The van der Waals surface area contributed by atoms with Gasteiger partial charge in [-0.05, 0) is 32.0 Å². The number of pyridine rings is 1. The molecule has 126 valence electrons. The fraction of sp³-hybridized carbons (Fsp3) is 0.375. The first-order valence-electron chi connectivity index (χ1n) is 7.81. The molecule has 1 saturated heterocycles. The number of nitrogens with one attached hydrogen (secondary N) is 3. The van der Waals surface area contributed by atoms with Crippen LogP contribution in [0.1, 0.15) is 13.8 Å². The Labute approximate surface area is 139 Å². The average molecular weight is 328 g/mol. The van der Waals surface area contributed by atoms with Gasteiger partial charge in [0.15, 0.2) is 0 Å². The van der Waals surface area contributed by atoms with Gasteiger partial charge in [0.05, 0.1) is 11.4 Å². The fourth-order valence-electron chi connectivity index (χ4n) is 3.01. The van der Waals surface area contributed by atoms with Crippen molar-refractivity contribution in [3.8, 4) is 11.4 Å². The van der Waals surface area contributed by atoms with Crippen molar-refractivity contribution >= 4 is 11.9 Å². The van der Waals surface area contributed by atoms with Crippen LogP contribution in [-0.4, -0.2) is 44.2 Å². The van der Waals surface area contributed by atoms with Crippen molar-refractivity contribution in [1.29, 1.82) is 0 Å². The molecule has 8 nitrogen and oxygen atoms in total. The standard InChI is InChI=1S/C16H20N6O2/c1-9-13(10(2)22-21-9)14(15(23)24)20-16-18-8-6-12(19-16)11-5-3-4-7-17-11/h3-10,13-14,21-22H,1-2H3,(H,23,24)(H,18,19,20). The van der Waals surface area contributed by atoms with Crippen molar-refractivity contribution < 1.29 is 9.90 Å². The van der Waals surface area contributed by atoms with Crippen LogP contribution in [0.2, 0.25) is 0 Å². The average Bonchev–Trinajstić information content (AvgIpc) is 2.92. The molecule has 0 bridgehead atoms. The molecule has 0 radical (unpaired) electrons. The van der Waals surface area contributed by atoms with Crippen LogP contribution in [0.5, 0.6) is 0 Å². The Balaban J connectivity index is 1.84. The van der Waals surface area contributed by atoms with E-state index in [0.29, 0.717) is 11.4 Å². The second kappa shape index (κ2) is 6.90. The van der Waals surface area contributed by atoms with Gasteiger partial charge in [0.25, 0.3) is 0 Å². The minimum absolute atomic E-state index is 0.00701. The van der Waals surface area contributed by atoms with E-state index in [2.05, 4.69) is 31.1 Å². The van der Waals surface area contributed by atoms with E-state index >= 15 is 0 Å². The van der Waals surface area contributed by atoms with Crippen molar-refractivity contribution in [3.63, 3.8) is 0 Å². The molecule has 0 aromatic carbocycles. The Morgan fingerprint density at radius 3 is 2.50 bits per heavy atom. The van der Waals surface area contributed by atoms with Gasteiger partial charge in [-0.3, -0.25) is 15.8 Å². The second-order valence-electron chi connectivity index (χ2n) is 5.88. The molecule has 3 atom stereocenters. The maximum absolute atomic E-state index is 11.8. The number of carboxylic acid groups (broad SMARTS) is 1. The van der Waals surface area contributed by atoms with Crippen molar-refractivity contribution in [3.05, 3.63) is 36.7 Å². The van der Waals surface area contributed by atoms with Gasteiger partial charge in [0.1, 0.15) is 6.04 Å². The minimum atomic E-state index is -0.934. The zero-order valence-electron chi connectivity index (χ0n) is 13.5. The number of carboxylic acids is 1. The second-order valence-corrected chi connectivity index (χ2v) is 5.88. The van der Waals surface area contributed by atoms with Gasteiger partial charge in [-0.25, -0.2) is 14.8 Å². The lowest BCUT2D eigenvalue weighted by Gasteiger charge is -2.26. The normalized spacial score (nSPS) is 24.5. The molecule has 1 aliphatic heterocycles. The molecular formula is C16H20N6O2. The van der Waals surface area contributed by atoms with E-state index in [4.69, 9.17) is 0 Å². The van der Waals surface area contributed by atoms with Crippen LogP contribution in [0.25, 0.3) is 11.4 Å². The number of nitrogens with zero attached hydrogens (tertiary/aromatic N) is 3. The van der Waals surface area contributed by atoms with E-state index < -0.39 is 12.0 Å². The fourth-order valence-corrected chi connectivity index (χ4v) is 3.01. The number of carbonyl (C=O) groups is 1. The SMILES string of the molecule is CC1NNC(C)C1C(Nc1nccc(-c2ccccn2)n1)C(=O)O. The third kappa shape index (κ3) is 3.34. The summed E-state index contributed by atoms with van der Waals surface area (Å²) in [5.74, 6) is -0.808. The van der Waals surface area contributed by atoms with Gasteiger partial charge in [-0.15, -0.1) is 0 Å². The highest BCUT2D eigenvalue weighted by atomic mass is 16.4. The van der Waals surface area contributed by atoms with Crippen LogP contribution in [0, 0.1) is 5.92 Å². The van der Waals surface area contributed by atoms with E-state index in [1.807, 2.05) is 32.0 Å². The highest BCUT2D eigenvalue weighted by molar-refractivity contribution is 5.77. The summed E-state index contributed by atoms with van der Waals surface area (Å²) < 4.78 is 0. The molecule has 1 fully saturated rings. The summed E-state index contributed by atoms with van der Waals surface area (Å²) in [4.78, 5) is 24.6. The largest absolute Gasteiger partial charge is 0.480 e. The van der Waals surface area contributed by atoms with Crippen LogP contribution in [-0.2, 0) is 4.79 Å². The molecule has 0 amide bonds. The molecule has 0 spiro atoms. The molecule has 3 heterocycles. The molecule has 4 N–H and O–H groups in total. The van der Waals surface area contributed by atoms with Crippen molar-refractivity contribution in [2.45, 2.75) is 32.0 Å². The molecule has 2 aromatic rings. The first kappa shape index (κ1) is 16.3. The third-order valence-corrected chi connectivity index (χ3v) is 4.21. The lowest BCUT2D eigenvalue weighted by Crippen LogP contribution is -2.45. The number of rotatable bonds is 5. The molecule has 8 heteroatoms. The molecule has 0 saturated carbocycles. The maximum Gasteiger partial charge on any atom is 0.326 e. The number of anilines is 1. The van der Waals surface area contributed by atoms with Crippen molar-refractivity contribution in [1.82, 2.24) is 25.8 Å². The molecule has 3 unspecified atom stereocenters. The summed E-state index contributed by atoms with van der Waals surface area (Å²) in [6.45, 7) is 3.90. The minimum Gasteiger partial charge on any atom is -0.480 e. The summed E-state index contributed by atoms with van der Waals surface area (Å²) in [6, 6.07) is 6.49. The van der Waals surface area contributed by atoms with E-state index in [1.54, 1.807) is 18.5 Å². The zero-order valence-corrected chi connectivity index (χ0v) is 13.5. The van der Waals surface area contributed by atoms with Gasteiger partial charge < -0.3 is 10.4 Å². The Morgan fingerprint density at radius 2 is 1.88 bits per heavy atom. The molecule has 3 rings (SSSR count). The summed E-state index contributed by atoms with van der Waals surface area (Å²) in [7, 11) is 0. The number of aliphatic carboxylic acids is 1. The monoisotopic (exact) mass is 328 g/mol. The smallest absolute Gasteiger partial charge is 0.326 e. The van der Waals surface area contributed by atoms with Crippen molar-refractivity contribution in [2.75, 3.05) is 5.32 Å². The predicted molar refractivity (Wildman–Crippen MR) is 89.0 cm³/mol. The molecule has 0 aliphatic carbocycles. The third-order valence-electron chi connectivity index (χ3n) is 4.21. The Bertz CT molecular complexity index is 701. The molecule has 1 aliphatic rings. The van der Waals surface area contributed by atoms with Crippen LogP contribution in [0.4, 0.5) is 5.95 Å². The number of hydrazine groups is 1. The van der Waals surface area contributed by atoms with Crippen LogP contribution < -0.4 is 16.2 Å². The van der Waals surface area contributed by atoms with Crippen molar-refractivity contribution in [2.24, 2.45) is 5.92 Å². The summed E-state index contributed by atoms with van der Waals surface area (Å²) in [6.07, 6.45) is 3.28. The summed E-state index contributed by atoms with van der Waals surface area (Å²) in [5.41, 5.74) is 7.50. The zero-order chi connectivity index (χ0) is 17.1. The van der Waals surface area contributed by atoms with Crippen LogP contribution in [0.3, 0.4) is 0 Å². The molecule has 2 aromatic heterocycles. The number of hydrogen-bond donors (Lipinski definition) is 4. The summed E-state index contributed by atoms with van der Waals surface area (Å²) in [5, 5.41) is 12.6. The molecule has 24 heavy (non-hydrogen) atoms. The van der Waals surface area contributed by atoms with Gasteiger partial charge >= 0.3 is 5.97 Å². The highest BCUT2D eigenvalue weighted by Crippen LogP contribution is 2.22. The number of aromatic nitrogens is 3. The Morgan fingerprint density at radius 1 is 1.12 bits per heavy atom. The van der Waals surface area contributed by atoms with Crippen LogP contribution >= 0.6 is 0 Å².